The summed E-state index contributed by atoms with van der Waals surface area (Å²) >= 11 is 9.43. The van der Waals surface area contributed by atoms with E-state index in [2.05, 4.69) is 38.5 Å². The number of hydrogen-bond acceptors (Lipinski definition) is 2. The van der Waals surface area contributed by atoms with Crippen LogP contribution in [0.5, 0.6) is 0 Å². The van der Waals surface area contributed by atoms with Crippen molar-refractivity contribution in [2.24, 2.45) is 7.05 Å². The van der Waals surface area contributed by atoms with Crippen molar-refractivity contribution in [1.82, 2.24) is 9.78 Å². The normalized spacial score (nSPS) is 10.6. The Morgan fingerprint density at radius 2 is 1.86 bits per heavy atom. The number of aromatic nitrogens is 2. The third-order valence-electron chi connectivity index (χ3n) is 3.16. The van der Waals surface area contributed by atoms with Gasteiger partial charge in [0, 0.05) is 29.0 Å². The second-order valence-electron chi connectivity index (χ2n) is 4.68. The van der Waals surface area contributed by atoms with Crippen molar-refractivity contribution in [1.29, 1.82) is 0 Å². The van der Waals surface area contributed by atoms with Crippen LogP contribution in [0.1, 0.15) is 0 Å². The van der Waals surface area contributed by atoms with Crippen molar-refractivity contribution in [2.45, 2.75) is 0 Å². The minimum Gasteiger partial charge on any atom is -0.356 e. The Bertz CT molecular complexity index is 746. The van der Waals surface area contributed by atoms with Crippen LogP contribution < -0.4 is 5.32 Å². The topological polar surface area (TPSA) is 29.9 Å². The van der Waals surface area contributed by atoms with Crippen LogP contribution in [0.3, 0.4) is 0 Å². The molecule has 0 radical (unpaired) electrons. The number of hydrogen-bond donors (Lipinski definition) is 1. The fourth-order valence-corrected chi connectivity index (χ4v) is 2.88. The van der Waals surface area contributed by atoms with Crippen molar-refractivity contribution >= 4 is 38.9 Å². The number of anilines is 2. The van der Waals surface area contributed by atoms with E-state index < -0.39 is 0 Å². The maximum absolute atomic E-state index is 5.90. The predicted octanol–water partition coefficient (Wildman–Crippen LogP) is 5.25. The maximum Gasteiger partial charge on any atom is 0.0821 e. The zero-order chi connectivity index (χ0) is 14.8. The summed E-state index contributed by atoms with van der Waals surface area (Å²) in [5, 5.41) is 8.35. The minimum atomic E-state index is 0.730. The van der Waals surface area contributed by atoms with Crippen molar-refractivity contribution in [2.75, 3.05) is 5.32 Å². The van der Waals surface area contributed by atoms with E-state index in [1.807, 2.05) is 48.1 Å². The van der Waals surface area contributed by atoms with E-state index in [1.54, 1.807) is 6.20 Å². The first-order chi connectivity index (χ1) is 10.1. The summed E-state index contributed by atoms with van der Waals surface area (Å²) in [6, 6.07) is 15.8. The van der Waals surface area contributed by atoms with Gasteiger partial charge in [0.15, 0.2) is 0 Å². The van der Waals surface area contributed by atoms with Gasteiger partial charge in [-0.05, 0) is 52.3 Å². The van der Waals surface area contributed by atoms with Crippen LogP contribution in [-0.4, -0.2) is 9.78 Å². The molecule has 1 heterocycles. The van der Waals surface area contributed by atoms with Gasteiger partial charge in [-0.2, -0.15) is 5.10 Å². The molecule has 0 aliphatic rings. The fourth-order valence-electron chi connectivity index (χ4n) is 2.18. The molecule has 0 spiro atoms. The smallest absolute Gasteiger partial charge is 0.0821 e. The van der Waals surface area contributed by atoms with Crippen LogP contribution in [0.2, 0.25) is 5.02 Å². The van der Waals surface area contributed by atoms with Gasteiger partial charge in [-0.15, -0.1) is 0 Å². The Morgan fingerprint density at radius 3 is 2.52 bits per heavy atom. The molecule has 106 valence electrons. The molecule has 0 bridgehead atoms. The molecule has 3 nitrogen and oxygen atoms in total. The first kappa shape index (κ1) is 14.2. The second-order valence-corrected chi connectivity index (χ2v) is 5.97. The molecule has 0 fully saturated rings. The second kappa shape index (κ2) is 5.92. The monoisotopic (exact) mass is 361 g/mol. The van der Waals surface area contributed by atoms with E-state index in [9.17, 15) is 0 Å². The van der Waals surface area contributed by atoms with E-state index in [0.717, 1.165) is 32.1 Å². The van der Waals surface area contributed by atoms with Crippen LogP contribution >= 0.6 is 27.5 Å². The van der Waals surface area contributed by atoms with Crippen LogP contribution in [-0.2, 0) is 7.05 Å². The number of halogens is 2. The van der Waals surface area contributed by atoms with E-state index in [4.69, 9.17) is 11.6 Å². The molecule has 5 heteroatoms. The lowest BCUT2D eigenvalue weighted by Gasteiger charge is -2.09. The molecule has 0 atom stereocenters. The summed E-state index contributed by atoms with van der Waals surface area (Å²) in [5.74, 6) is 0. The van der Waals surface area contributed by atoms with Crippen molar-refractivity contribution in [3.63, 3.8) is 0 Å². The molecule has 3 rings (SSSR count). The van der Waals surface area contributed by atoms with Gasteiger partial charge in [-0.25, -0.2) is 0 Å². The lowest BCUT2D eigenvalue weighted by atomic mass is 10.1. The quantitative estimate of drug-likeness (QED) is 0.690. The van der Waals surface area contributed by atoms with Crippen molar-refractivity contribution in [3.05, 3.63) is 64.2 Å². The van der Waals surface area contributed by atoms with Crippen molar-refractivity contribution < 1.29 is 0 Å². The number of benzene rings is 2. The third-order valence-corrected chi connectivity index (χ3v) is 4.00. The van der Waals surface area contributed by atoms with E-state index >= 15 is 0 Å². The summed E-state index contributed by atoms with van der Waals surface area (Å²) in [6.07, 6.45) is 1.80. The van der Waals surface area contributed by atoms with E-state index in [0.29, 0.717) is 0 Å². The number of rotatable bonds is 3. The van der Waals surface area contributed by atoms with Crippen LogP contribution in [0.15, 0.2) is 59.2 Å². The first-order valence-corrected chi connectivity index (χ1v) is 7.61. The summed E-state index contributed by atoms with van der Waals surface area (Å²) in [5.41, 5.74) is 4.17. The van der Waals surface area contributed by atoms with Crippen molar-refractivity contribution in [3.8, 4) is 11.3 Å². The molecule has 3 aromatic rings. The highest BCUT2D eigenvalue weighted by Crippen LogP contribution is 2.30. The Kier molecular flexibility index (Phi) is 3.99. The fraction of sp³-hybridized carbons (Fsp3) is 0.0625. The van der Waals surface area contributed by atoms with Gasteiger partial charge in [0.25, 0.3) is 0 Å². The molecule has 1 aromatic heterocycles. The highest BCUT2D eigenvalue weighted by molar-refractivity contribution is 9.10. The van der Waals surface area contributed by atoms with Gasteiger partial charge in [0.1, 0.15) is 0 Å². The Morgan fingerprint density at radius 1 is 1.10 bits per heavy atom. The van der Waals surface area contributed by atoms with Gasteiger partial charge in [0.05, 0.1) is 16.4 Å². The molecule has 0 aliphatic carbocycles. The predicted molar refractivity (Wildman–Crippen MR) is 91.1 cm³/mol. The summed E-state index contributed by atoms with van der Waals surface area (Å²) in [4.78, 5) is 0. The Labute approximate surface area is 136 Å². The molecular weight excluding hydrogens is 350 g/mol. The summed E-state index contributed by atoms with van der Waals surface area (Å²) in [7, 11) is 1.93. The van der Waals surface area contributed by atoms with Gasteiger partial charge in [-0.1, -0.05) is 23.7 Å². The number of nitrogens with one attached hydrogen (secondary N) is 1. The average Bonchev–Trinajstić information content (AvgIpc) is 2.81. The first-order valence-electron chi connectivity index (χ1n) is 6.44. The zero-order valence-corrected chi connectivity index (χ0v) is 13.7. The molecule has 1 N–H and O–H groups in total. The molecular formula is C16H13BrClN3. The molecule has 2 aromatic carbocycles. The third kappa shape index (κ3) is 3.12. The number of nitrogens with zero attached hydrogens (tertiary/aromatic N) is 2. The molecule has 0 amide bonds. The minimum absolute atomic E-state index is 0.730. The molecule has 0 saturated heterocycles. The van der Waals surface area contributed by atoms with E-state index in [-0.39, 0.29) is 0 Å². The highest BCUT2D eigenvalue weighted by Gasteiger charge is 2.09. The number of aryl methyl sites for hydroxylation is 1. The van der Waals surface area contributed by atoms with Crippen LogP contribution in [0.25, 0.3) is 11.3 Å². The average molecular weight is 363 g/mol. The summed E-state index contributed by atoms with van der Waals surface area (Å²) < 4.78 is 2.83. The largest absolute Gasteiger partial charge is 0.356 e. The molecule has 0 aliphatic heterocycles. The van der Waals surface area contributed by atoms with E-state index in [1.165, 1.54) is 0 Å². The Hall–Kier alpha value is -1.78. The standard InChI is InChI=1S/C16H13BrClN3/c1-21-16(15(17)10-19-21)11-3-2-4-14(9-11)20-13-7-5-12(18)6-8-13/h2-10,20H,1H3. The molecule has 0 saturated carbocycles. The lowest BCUT2D eigenvalue weighted by Crippen LogP contribution is -1.95. The Balaban J connectivity index is 1.92. The maximum atomic E-state index is 5.90. The van der Waals surface area contributed by atoms with Gasteiger partial charge in [-0.3, -0.25) is 4.68 Å². The summed E-state index contributed by atoms with van der Waals surface area (Å²) in [6.45, 7) is 0. The lowest BCUT2D eigenvalue weighted by molar-refractivity contribution is 0.776. The van der Waals surface area contributed by atoms with Gasteiger partial charge < -0.3 is 5.32 Å². The molecule has 0 unspecified atom stereocenters. The van der Waals surface area contributed by atoms with Crippen LogP contribution in [0, 0.1) is 0 Å². The molecule has 21 heavy (non-hydrogen) atoms. The van der Waals surface area contributed by atoms with Gasteiger partial charge >= 0.3 is 0 Å². The van der Waals surface area contributed by atoms with Gasteiger partial charge in [0.2, 0.25) is 0 Å². The SMILES string of the molecule is Cn1ncc(Br)c1-c1cccc(Nc2ccc(Cl)cc2)c1. The zero-order valence-electron chi connectivity index (χ0n) is 11.3. The van der Waals surface area contributed by atoms with Crippen LogP contribution in [0.4, 0.5) is 11.4 Å². The highest BCUT2D eigenvalue weighted by atomic mass is 79.9.